The number of nitrogens with zero attached hydrogens (tertiary/aromatic N) is 4. The van der Waals surface area contributed by atoms with Gasteiger partial charge in [0.15, 0.2) is 0 Å². The van der Waals surface area contributed by atoms with E-state index in [1.807, 2.05) is 22.9 Å². The van der Waals surface area contributed by atoms with Gasteiger partial charge < -0.3 is 15.5 Å². The van der Waals surface area contributed by atoms with E-state index < -0.39 is 0 Å². The quantitative estimate of drug-likeness (QED) is 0.632. The van der Waals surface area contributed by atoms with Gasteiger partial charge >= 0.3 is 6.03 Å². The lowest BCUT2D eigenvalue weighted by atomic mass is 10.2. The van der Waals surface area contributed by atoms with Crippen LogP contribution in [0, 0.1) is 6.92 Å². The van der Waals surface area contributed by atoms with Gasteiger partial charge in [0.25, 0.3) is 0 Å². The van der Waals surface area contributed by atoms with Crippen molar-refractivity contribution in [2.24, 2.45) is 0 Å². The van der Waals surface area contributed by atoms with Crippen molar-refractivity contribution in [3.8, 4) is 5.82 Å². The number of nitrogens with one attached hydrogen (secondary N) is 2. The molecular formula is C21H26N6O. The molecule has 0 spiro atoms. The van der Waals surface area contributed by atoms with Gasteiger partial charge in [-0.05, 0) is 43.2 Å². The van der Waals surface area contributed by atoms with Crippen molar-refractivity contribution >= 4 is 11.7 Å². The Morgan fingerprint density at radius 1 is 1.21 bits per heavy atom. The van der Waals surface area contributed by atoms with Gasteiger partial charge in [-0.2, -0.15) is 0 Å². The van der Waals surface area contributed by atoms with Gasteiger partial charge in [-0.3, -0.25) is 4.57 Å². The Bertz CT molecular complexity index is 876. The third-order valence-corrected chi connectivity index (χ3v) is 4.45. The third kappa shape index (κ3) is 5.33. The van der Waals surface area contributed by atoms with Gasteiger partial charge in [-0.25, -0.2) is 14.8 Å². The molecule has 1 aromatic carbocycles. The zero-order valence-corrected chi connectivity index (χ0v) is 16.3. The molecule has 0 radical (unpaired) electrons. The van der Waals surface area contributed by atoms with Crippen molar-refractivity contribution in [2.75, 3.05) is 24.5 Å². The van der Waals surface area contributed by atoms with Crippen LogP contribution in [0.15, 0.2) is 61.3 Å². The molecule has 0 atom stereocenters. The molecule has 0 saturated heterocycles. The molecule has 0 unspecified atom stereocenters. The maximum atomic E-state index is 12.1. The first-order valence-electron chi connectivity index (χ1n) is 9.42. The lowest BCUT2D eigenvalue weighted by Crippen LogP contribution is -2.40. The van der Waals surface area contributed by atoms with Crippen LogP contribution in [-0.2, 0) is 6.54 Å². The molecule has 3 rings (SSSR count). The van der Waals surface area contributed by atoms with E-state index in [-0.39, 0.29) is 6.03 Å². The normalized spacial score (nSPS) is 10.5. The van der Waals surface area contributed by atoms with Crippen LogP contribution in [0.4, 0.5) is 10.5 Å². The van der Waals surface area contributed by atoms with Crippen molar-refractivity contribution in [1.82, 2.24) is 25.2 Å². The van der Waals surface area contributed by atoms with Crippen LogP contribution in [0.5, 0.6) is 0 Å². The van der Waals surface area contributed by atoms with Gasteiger partial charge in [-0.15, -0.1) is 0 Å². The molecule has 2 amide bonds. The first-order chi connectivity index (χ1) is 13.7. The van der Waals surface area contributed by atoms with Gasteiger partial charge in [0.05, 0.1) is 0 Å². The van der Waals surface area contributed by atoms with E-state index in [0.29, 0.717) is 13.1 Å². The summed E-state index contributed by atoms with van der Waals surface area (Å²) in [5.74, 6) is 0.793. The highest BCUT2D eigenvalue weighted by molar-refractivity contribution is 5.73. The van der Waals surface area contributed by atoms with Gasteiger partial charge in [0.2, 0.25) is 0 Å². The van der Waals surface area contributed by atoms with Crippen LogP contribution in [0.2, 0.25) is 0 Å². The van der Waals surface area contributed by atoms with Crippen LogP contribution < -0.4 is 15.5 Å². The minimum absolute atomic E-state index is 0.181. The minimum Gasteiger partial charge on any atom is -0.370 e. The lowest BCUT2D eigenvalue weighted by molar-refractivity contribution is 0.240. The Kier molecular flexibility index (Phi) is 6.62. The number of urea groups is 1. The van der Waals surface area contributed by atoms with E-state index in [1.54, 1.807) is 18.7 Å². The Hall–Kier alpha value is -3.35. The Morgan fingerprint density at radius 2 is 2.11 bits per heavy atom. The molecule has 146 valence electrons. The molecule has 3 aromatic rings. The number of hydrogen-bond acceptors (Lipinski definition) is 4. The topological polar surface area (TPSA) is 75.1 Å². The lowest BCUT2D eigenvalue weighted by Gasteiger charge is -2.23. The van der Waals surface area contributed by atoms with Crippen LogP contribution in [0.25, 0.3) is 5.82 Å². The summed E-state index contributed by atoms with van der Waals surface area (Å²) in [6.45, 7) is 6.85. The van der Waals surface area contributed by atoms with Crippen molar-refractivity contribution in [2.45, 2.75) is 20.4 Å². The molecule has 28 heavy (non-hydrogen) atoms. The second-order valence-electron chi connectivity index (χ2n) is 6.52. The molecule has 0 aliphatic heterocycles. The number of likely N-dealkylation sites (N-methyl/N-ethyl adjacent to an activating group) is 1. The first kappa shape index (κ1) is 19.4. The number of anilines is 1. The van der Waals surface area contributed by atoms with Crippen molar-refractivity contribution < 1.29 is 4.79 Å². The molecule has 2 N–H and O–H groups in total. The highest BCUT2D eigenvalue weighted by atomic mass is 16.2. The largest absolute Gasteiger partial charge is 0.370 e. The van der Waals surface area contributed by atoms with Gasteiger partial charge in [-0.1, -0.05) is 18.2 Å². The predicted molar refractivity (Wildman–Crippen MR) is 111 cm³/mol. The number of hydrogen-bond donors (Lipinski definition) is 2. The number of aryl methyl sites for hydroxylation is 1. The zero-order chi connectivity index (χ0) is 19.8. The molecular weight excluding hydrogens is 352 g/mol. The molecule has 0 aliphatic rings. The van der Waals surface area contributed by atoms with E-state index in [9.17, 15) is 4.79 Å². The SMILES string of the molecule is CCN(CCNC(=O)NCc1ccc(-n2ccnc2)nc1)c1cccc(C)c1. The maximum Gasteiger partial charge on any atom is 0.315 e. The molecule has 7 nitrogen and oxygen atoms in total. The van der Waals surface area contributed by atoms with E-state index in [4.69, 9.17) is 0 Å². The second-order valence-corrected chi connectivity index (χ2v) is 6.52. The number of carbonyl (C=O) groups excluding carboxylic acids is 1. The fourth-order valence-corrected chi connectivity index (χ4v) is 2.91. The highest BCUT2D eigenvalue weighted by Gasteiger charge is 2.06. The smallest absolute Gasteiger partial charge is 0.315 e. The van der Waals surface area contributed by atoms with Crippen LogP contribution >= 0.6 is 0 Å². The highest BCUT2D eigenvalue weighted by Crippen LogP contribution is 2.14. The summed E-state index contributed by atoms with van der Waals surface area (Å²) in [5.41, 5.74) is 3.34. The molecule has 0 fully saturated rings. The molecule has 7 heteroatoms. The first-order valence-corrected chi connectivity index (χ1v) is 9.42. The summed E-state index contributed by atoms with van der Waals surface area (Å²) in [7, 11) is 0. The number of amides is 2. The van der Waals surface area contributed by atoms with Crippen molar-refractivity contribution in [1.29, 1.82) is 0 Å². The maximum absolute atomic E-state index is 12.1. The third-order valence-electron chi connectivity index (χ3n) is 4.45. The second kappa shape index (κ2) is 9.55. The summed E-state index contributed by atoms with van der Waals surface area (Å²) in [6, 6.07) is 12.1. The molecule has 2 heterocycles. The summed E-state index contributed by atoms with van der Waals surface area (Å²) in [4.78, 5) is 22.7. The molecule has 0 saturated carbocycles. The van der Waals surface area contributed by atoms with Crippen molar-refractivity contribution in [3.63, 3.8) is 0 Å². The molecule has 0 aliphatic carbocycles. The average Bonchev–Trinajstić information content (AvgIpc) is 3.25. The summed E-state index contributed by atoms with van der Waals surface area (Å²) < 4.78 is 1.83. The number of carbonyl (C=O) groups is 1. The Labute approximate surface area is 165 Å². The molecule has 0 bridgehead atoms. The van der Waals surface area contributed by atoms with Gasteiger partial charge in [0.1, 0.15) is 12.1 Å². The summed E-state index contributed by atoms with van der Waals surface area (Å²) in [6.07, 6.45) is 7.00. The van der Waals surface area contributed by atoms with Gasteiger partial charge in [0, 0.05) is 50.5 Å². The number of aromatic nitrogens is 3. The average molecular weight is 378 g/mol. The molecule has 2 aromatic heterocycles. The van der Waals surface area contributed by atoms with E-state index >= 15 is 0 Å². The predicted octanol–water partition coefficient (Wildman–Crippen LogP) is 2.90. The standard InChI is InChI=1S/C21H26N6O/c1-3-26(19-6-4-5-17(2)13-19)12-10-23-21(28)25-15-18-7-8-20(24-14-18)27-11-9-22-16-27/h4-9,11,13-14,16H,3,10,12,15H2,1-2H3,(H2,23,25,28). The Morgan fingerprint density at radius 3 is 2.79 bits per heavy atom. The summed E-state index contributed by atoms with van der Waals surface area (Å²) in [5, 5.41) is 5.78. The Balaban J connectivity index is 1.42. The van der Waals surface area contributed by atoms with E-state index in [2.05, 4.69) is 63.6 Å². The van der Waals surface area contributed by atoms with Crippen LogP contribution in [0.3, 0.4) is 0 Å². The zero-order valence-electron chi connectivity index (χ0n) is 16.3. The minimum atomic E-state index is -0.181. The number of benzene rings is 1. The fourth-order valence-electron chi connectivity index (χ4n) is 2.91. The fraction of sp³-hybridized carbons (Fsp3) is 0.286. The number of pyridine rings is 1. The van der Waals surface area contributed by atoms with Crippen LogP contribution in [0.1, 0.15) is 18.1 Å². The monoisotopic (exact) mass is 378 g/mol. The number of imidazole rings is 1. The van der Waals surface area contributed by atoms with Crippen LogP contribution in [-0.4, -0.2) is 40.2 Å². The number of rotatable bonds is 8. The van der Waals surface area contributed by atoms with E-state index in [1.165, 1.54) is 11.3 Å². The van der Waals surface area contributed by atoms with E-state index in [0.717, 1.165) is 24.5 Å². The summed E-state index contributed by atoms with van der Waals surface area (Å²) >= 11 is 0. The van der Waals surface area contributed by atoms with Crippen molar-refractivity contribution in [3.05, 3.63) is 72.4 Å².